The number of hydrogen-bond donors (Lipinski definition) is 3. The smallest absolute Gasteiger partial charge is 0.258 e. The third-order valence-electron chi connectivity index (χ3n) is 3.60. The van der Waals surface area contributed by atoms with Crippen molar-refractivity contribution in [2.75, 3.05) is 11.9 Å². The van der Waals surface area contributed by atoms with Gasteiger partial charge in [0.1, 0.15) is 5.82 Å². The Morgan fingerprint density at radius 3 is 2.81 bits per heavy atom. The van der Waals surface area contributed by atoms with Crippen molar-refractivity contribution in [2.45, 2.75) is 13.8 Å². The number of fused-ring (bicyclic) bond motifs is 1. The number of amides is 1. The van der Waals surface area contributed by atoms with E-state index in [0.29, 0.717) is 18.0 Å². The van der Waals surface area contributed by atoms with Gasteiger partial charge in [0.25, 0.3) is 5.91 Å². The molecule has 27 heavy (non-hydrogen) atoms. The van der Waals surface area contributed by atoms with Gasteiger partial charge in [-0.05, 0) is 36.2 Å². The summed E-state index contributed by atoms with van der Waals surface area (Å²) in [6.45, 7) is 4.41. The van der Waals surface area contributed by atoms with Gasteiger partial charge in [0, 0.05) is 18.3 Å². The third kappa shape index (κ3) is 4.43. The van der Waals surface area contributed by atoms with Crippen molar-refractivity contribution in [3.05, 3.63) is 53.7 Å². The number of hydrogen-bond acceptors (Lipinski definition) is 4. The Morgan fingerprint density at radius 1 is 1.26 bits per heavy atom. The monoisotopic (exact) mass is 372 g/mol. The van der Waals surface area contributed by atoms with Crippen LogP contribution in [0.4, 0.5) is 14.6 Å². The molecule has 0 unspecified atom stereocenters. The van der Waals surface area contributed by atoms with Gasteiger partial charge in [-0.15, -0.1) is 0 Å². The van der Waals surface area contributed by atoms with E-state index in [1.54, 1.807) is 12.3 Å². The van der Waals surface area contributed by atoms with Crippen LogP contribution < -0.4 is 10.6 Å². The third-order valence-corrected chi connectivity index (χ3v) is 3.60. The van der Waals surface area contributed by atoms with Crippen molar-refractivity contribution in [3.8, 4) is 0 Å². The maximum Gasteiger partial charge on any atom is 0.258 e. The fourth-order valence-electron chi connectivity index (χ4n) is 2.27. The standard InChI is InChI=1S/C18H18F2N6O/c1-10(2)9-22-18(23-16-12-4-3-7-21-15(12)25-26-16)24-17(27)11-5-6-13(19)14(20)8-11/h3-8,10H,9H2,1-2H3,(H3,21,22,23,24,25,26,27). The highest BCUT2D eigenvalue weighted by molar-refractivity contribution is 6.11. The number of aromatic nitrogens is 3. The van der Waals surface area contributed by atoms with Crippen molar-refractivity contribution in [1.82, 2.24) is 20.5 Å². The van der Waals surface area contributed by atoms with Gasteiger partial charge in [0.15, 0.2) is 17.3 Å². The number of benzene rings is 1. The number of pyridine rings is 1. The van der Waals surface area contributed by atoms with E-state index in [4.69, 9.17) is 0 Å². The van der Waals surface area contributed by atoms with Gasteiger partial charge < -0.3 is 5.32 Å². The Hall–Kier alpha value is -3.36. The van der Waals surface area contributed by atoms with Gasteiger partial charge in [-0.2, -0.15) is 5.10 Å². The molecule has 3 N–H and O–H groups in total. The second kappa shape index (κ2) is 7.90. The molecule has 1 amide bonds. The fourth-order valence-corrected chi connectivity index (χ4v) is 2.27. The number of carbonyl (C=O) groups is 1. The van der Waals surface area contributed by atoms with Gasteiger partial charge in [-0.1, -0.05) is 13.8 Å². The fraction of sp³-hybridized carbons (Fsp3) is 0.222. The Morgan fingerprint density at radius 2 is 2.07 bits per heavy atom. The van der Waals surface area contributed by atoms with Gasteiger partial charge in [0.05, 0.1) is 5.39 Å². The lowest BCUT2D eigenvalue weighted by Gasteiger charge is -2.12. The SMILES string of the molecule is CC(C)CN=C(NC(=O)c1ccc(F)c(F)c1)Nc1[nH]nc2ncccc12. The van der Waals surface area contributed by atoms with E-state index in [2.05, 4.69) is 30.8 Å². The first-order valence-electron chi connectivity index (χ1n) is 8.31. The maximum atomic E-state index is 13.4. The summed E-state index contributed by atoms with van der Waals surface area (Å²) in [6, 6.07) is 6.50. The molecule has 0 aliphatic carbocycles. The van der Waals surface area contributed by atoms with Crippen LogP contribution in [0.3, 0.4) is 0 Å². The summed E-state index contributed by atoms with van der Waals surface area (Å²) in [6.07, 6.45) is 1.62. The van der Waals surface area contributed by atoms with Crippen molar-refractivity contribution in [2.24, 2.45) is 10.9 Å². The summed E-state index contributed by atoms with van der Waals surface area (Å²) < 4.78 is 26.5. The zero-order valence-electron chi connectivity index (χ0n) is 14.8. The molecule has 0 aliphatic heterocycles. The second-order valence-corrected chi connectivity index (χ2v) is 6.26. The Balaban J connectivity index is 1.83. The second-order valence-electron chi connectivity index (χ2n) is 6.26. The van der Waals surface area contributed by atoms with Crippen LogP contribution in [0.2, 0.25) is 0 Å². The molecule has 0 saturated carbocycles. The predicted octanol–water partition coefficient (Wildman–Crippen LogP) is 3.09. The number of nitrogens with zero attached hydrogens (tertiary/aromatic N) is 3. The first kappa shape index (κ1) is 18.4. The summed E-state index contributed by atoms with van der Waals surface area (Å²) in [5.41, 5.74) is 0.485. The zero-order valence-corrected chi connectivity index (χ0v) is 14.8. The van der Waals surface area contributed by atoms with E-state index in [1.165, 1.54) is 6.07 Å². The van der Waals surface area contributed by atoms with Gasteiger partial charge in [-0.25, -0.2) is 13.8 Å². The van der Waals surface area contributed by atoms with Crippen LogP contribution in [0.1, 0.15) is 24.2 Å². The number of H-pyrrole nitrogens is 1. The van der Waals surface area contributed by atoms with E-state index in [-0.39, 0.29) is 17.4 Å². The Bertz CT molecular complexity index is 998. The molecule has 2 aromatic heterocycles. The molecule has 2 heterocycles. The van der Waals surface area contributed by atoms with Crippen molar-refractivity contribution in [1.29, 1.82) is 0 Å². The summed E-state index contributed by atoms with van der Waals surface area (Å²) in [5.74, 6) is -1.82. The zero-order chi connectivity index (χ0) is 19.4. The number of rotatable bonds is 4. The summed E-state index contributed by atoms with van der Waals surface area (Å²) in [7, 11) is 0. The average molecular weight is 372 g/mol. The van der Waals surface area contributed by atoms with E-state index in [1.807, 2.05) is 19.9 Å². The lowest BCUT2D eigenvalue weighted by atomic mass is 10.2. The molecule has 0 spiro atoms. The summed E-state index contributed by atoms with van der Waals surface area (Å²) in [5, 5.41) is 13.1. The van der Waals surface area contributed by atoms with E-state index >= 15 is 0 Å². The van der Waals surface area contributed by atoms with Gasteiger partial charge in [-0.3, -0.25) is 20.2 Å². The number of carbonyl (C=O) groups excluding carboxylic acids is 1. The minimum atomic E-state index is -1.10. The van der Waals surface area contributed by atoms with Crippen LogP contribution >= 0.6 is 0 Å². The molecule has 0 atom stereocenters. The largest absolute Gasteiger partial charge is 0.310 e. The minimum Gasteiger partial charge on any atom is -0.310 e. The molecule has 7 nitrogen and oxygen atoms in total. The molecule has 9 heteroatoms. The molecular weight excluding hydrogens is 354 g/mol. The van der Waals surface area contributed by atoms with Crippen LogP contribution in [-0.4, -0.2) is 33.6 Å². The molecule has 0 saturated heterocycles. The molecule has 3 aromatic rings. The average Bonchev–Trinajstić information content (AvgIpc) is 3.05. The van der Waals surface area contributed by atoms with E-state index in [9.17, 15) is 13.6 Å². The quantitative estimate of drug-likeness (QED) is 0.484. The number of anilines is 1. The highest BCUT2D eigenvalue weighted by Crippen LogP contribution is 2.17. The molecule has 0 fully saturated rings. The Kier molecular flexibility index (Phi) is 5.39. The van der Waals surface area contributed by atoms with Crippen LogP contribution in [-0.2, 0) is 0 Å². The molecule has 0 bridgehead atoms. The first-order valence-corrected chi connectivity index (χ1v) is 8.31. The minimum absolute atomic E-state index is 0.0240. The number of guanidine groups is 1. The van der Waals surface area contributed by atoms with Crippen LogP contribution in [0, 0.1) is 17.6 Å². The maximum absolute atomic E-state index is 13.4. The number of nitrogens with one attached hydrogen (secondary N) is 3. The normalized spacial score (nSPS) is 11.8. The van der Waals surface area contributed by atoms with Crippen molar-refractivity contribution in [3.63, 3.8) is 0 Å². The van der Waals surface area contributed by atoms with Gasteiger partial charge in [0.2, 0.25) is 5.96 Å². The van der Waals surface area contributed by atoms with Crippen LogP contribution in [0.15, 0.2) is 41.5 Å². The van der Waals surface area contributed by atoms with Crippen molar-refractivity contribution < 1.29 is 13.6 Å². The Labute approximate surface area is 153 Å². The van der Waals surface area contributed by atoms with Gasteiger partial charge >= 0.3 is 0 Å². The lowest BCUT2D eigenvalue weighted by Crippen LogP contribution is -2.36. The van der Waals surface area contributed by atoms with Crippen LogP contribution in [0.5, 0.6) is 0 Å². The number of halogens is 2. The number of aromatic amines is 1. The van der Waals surface area contributed by atoms with Crippen LogP contribution in [0.25, 0.3) is 11.0 Å². The lowest BCUT2D eigenvalue weighted by molar-refractivity contribution is 0.0976. The van der Waals surface area contributed by atoms with Crippen molar-refractivity contribution >= 4 is 28.7 Å². The molecule has 1 aromatic carbocycles. The molecular formula is C18H18F2N6O. The molecule has 140 valence electrons. The first-order chi connectivity index (χ1) is 12.9. The predicted molar refractivity (Wildman–Crippen MR) is 98.5 cm³/mol. The van der Waals surface area contributed by atoms with E-state index in [0.717, 1.165) is 17.5 Å². The van der Waals surface area contributed by atoms with E-state index < -0.39 is 17.5 Å². The summed E-state index contributed by atoms with van der Waals surface area (Å²) in [4.78, 5) is 20.9. The molecule has 0 aliphatic rings. The topological polar surface area (TPSA) is 95.1 Å². The highest BCUT2D eigenvalue weighted by Gasteiger charge is 2.14. The highest BCUT2D eigenvalue weighted by atomic mass is 19.2. The summed E-state index contributed by atoms with van der Waals surface area (Å²) >= 11 is 0. The number of aliphatic imine (C=N–C) groups is 1. The molecule has 3 rings (SSSR count). The molecule has 0 radical (unpaired) electrons.